The van der Waals surface area contributed by atoms with Crippen molar-refractivity contribution in [2.45, 2.75) is 13.5 Å². The Kier molecular flexibility index (Phi) is 3.82. The molecule has 2 aromatic carbocycles. The van der Waals surface area contributed by atoms with Gasteiger partial charge in [0, 0.05) is 22.5 Å². The largest absolute Gasteiger partial charge is 0.398 e. The number of nitrogens with two attached hydrogens (primary N) is 1. The van der Waals surface area contributed by atoms with Crippen molar-refractivity contribution in [1.29, 1.82) is 0 Å². The molecule has 0 aliphatic rings. The van der Waals surface area contributed by atoms with Gasteiger partial charge in [0.1, 0.15) is 0 Å². The molecule has 2 aromatic rings. The molecule has 0 aliphatic carbocycles. The smallest absolute Gasteiger partial charge is 0.256 e. The summed E-state index contributed by atoms with van der Waals surface area (Å²) in [6.45, 7) is 1.69. The Morgan fingerprint density at radius 3 is 2.68 bits per heavy atom. The highest BCUT2D eigenvalue weighted by molar-refractivity contribution is 6.06. The van der Waals surface area contributed by atoms with Crippen LogP contribution in [0.1, 0.15) is 21.5 Å². The molecule has 0 unspecified atom stereocenters. The van der Waals surface area contributed by atoms with Gasteiger partial charge in [-0.1, -0.05) is 24.3 Å². The van der Waals surface area contributed by atoms with Gasteiger partial charge < -0.3 is 16.2 Å². The maximum absolute atomic E-state index is 12.2. The number of carbonyl (C=O) groups excluding carboxylic acids is 1. The third-order valence-electron chi connectivity index (χ3n) is 3.06. The molecule has 1 amide bonds. The van der Waals surface area contributed by atoms with Crippen LogP contribution in [0.2, 0.25) is 0 Å². The van der Waals surface area contributed by atoms with Crippen molar-refractivity contribution < 1.29 is 9.90 Å². The van der Waals surface area contributed by atoms with Gasteiger partial charge in [0.2, 0.25) is 0 Å². The first-order valence-corrected chi connectivity index (χ1v) is 5.98. The summed E-state index contributed by atoms with van der Waals surface area (Å²) < 4.78 is 0. The lowest BCUT2D eigenvalue weighted by molar-refractivity contribution is 0.102. The number of rotatable bonds is 3. The van der Waals surface area contributed by atoms with Crippen molar-refractivity contribution >= 4 is 17.3 Å². The van der Waals surface area contributed by atoms with Gasteiger partial charge in [-0.15, -0.1) is 0 Å². The first kappa shape index (κ1) is 13.1. The third-order valence-corrected chi connectivity index (χ3v) is 3.06. The van der Waals surface area contributed by atoms with Crippen LogP contribution in [0.4, 0.5) is 11.4 Å². The van der Waals surface area contributed by atoms with E-state index < -0.39 is 0 Å². The van der Waals surface area contributed by atoms with E-state index in [4.69, 9.17) is 5.73 Å². The van der Waals surface area contributed by atoms with E-state index in [-0.39, 0.29) is 12.5 Å². The molecular weight excluding hydrogens is 240 g/mol. The number of benzene rings is 2. The molecule has 0 saturated heterocycles. The molecule has 4 heteroatoms. The summed E-state index contributed by atoms with van der Waals surface area (Å²) in [5.41, 5.74) is 8.95. The molecule has 0 spiro atoms. The van der Waals surface area contributed by atoms with E-state index in [1.807, 2.05) is 13.0 Å². The number of hydrogen-bond donors (Lipinski definition) is 3. The maximum Gasteiger partial charge on any atom is 0.256 e. The Hall–Kier alpha value is -2.33. The van der Waals surface area contributed by atoms with Crippen molar-refractivity contribution in [2.24, 2.45) is 0 Å². The van der Waals surface area contributed by atoms with Crippen molar-refractivity contribution in [3.8, 4) is 0 Å². The fraction of sp³-hybridized carbons (Fsp3) is 0.133. The van der Waals surface area contributed by atoms with Gasteiger partial charge in [0.05, 0.1) is 6.61 Å². The molecule has 0 heterocycles. The van der Waals surface area contributed by atoms with Crippen LogP contribution in [-0.2, 0) is 6.61 Å². The summed E-state index contributed by atoms with van der Waals surface area (Å²) in [6.07, 6.45) is 0. The SMILES string of the molecule is Cc1c(N)cccc1C(=O)Nc1ccccc1CO. The Bertz CT molecular complexity index is 609. The van der Waals surface area contributed by atoms with Crippen LogP contribution in [-0.4, -0.2) is 11.0 Å². The molecule has 0 fully saturated rings. The van der Waals surface area contributed by atoms with E-state index in [1.165, 1.54) is 0 Å². The highest BCUT2D eigenvalue weighted by Crippen LogP contribution is 2.19. The third kappa shape index (κ3) is 2.74. The van der Waals surface area contributed by atoms with E-state index in [9.17, 15) is 9.90 Å². The van der Waals surface area contributed by atoms with Crippen LogP contribution in [0.3, 0.4) is 0 Å². The first-order chi connectivity index (χ1) is 9.13. The summed E-state index contributed by atoms with van der Waals surface area (Å²) in [7, 11) is 0. The van der Waals surface area contributed by atoms with E-state index in [1.54, 1.807) is 36.4 Å². The molecule has 4 nitrogen and oxygen atoms in total. The number of amides is 1. The van der Waals surface area contributed by atoms with E-state index >= 15 is 0 Å². The summed E-state index contributed by atoms with van der Waals surface area (Å²) >= 11 is 0. The van der Waals surface area contributed by atoms with Crippen molar-refractivity contribution in [3.05, 3.63) is 59.2 Å². The molecule has 0 atom stereocenters. The molecule has 0 bridgehead atoms. The molecule has 98 valence electrons. The highest BCUT2D eigenvalue weighted by atomic mass is 16.3. The number of carbonyl (C=O) groups is 1. The number of nitrogens with one attached hydrogen (secondary N) is 1. The second kappa shape index (κ2) is 5.54. The summed E-state index contributed by atoms with van der Waals surface area (Å²) in [5.74, 6) is -0.231. The first-order valence-electron chi connectivity index (χ1n) is 5.98. The number of aliphatic hydroxyl groups is 1. The predicted molar refractivity (Wildman–Crippen MR) is 75.9 cm³/mol. The maximum atomic E-state index is 12.2. The Morgan fingerprint density at radius 2 is 1.95 bits per heavy atom. The number of hydrogen-bond acceptors (Lipinski definition) is 3. The zero-order valence-corrected chi connectivity index (χ0v) is 10.7. The molecule has 4 N–H and O–H groups in total. The molecule has 19 heavy (non-hydrogen) atoms. The van der Waals surface area contributed by atoms with Crippen LogP contribution < -0.4 is 11.1 Å². The van der Waals surface area contributed by atoms with Crippen molar-refractivity contribution in [1.82, 2.24) is 0 Å². The van der Waals surface area contributed by atoms with E-state index in [2.05, 4.69) is 5.32 Å². The minimum absolute atomic E-state index is 0.119. The van der Waals surface area contributed by atoms with Gasteiger partial charge in [0.15, 0.2) is 0 Å². The van der Waals surface area contributed by atoms with Crippen LogP contribution in [0, 0.1) is 6.92 Å². The lowest BCUT2D eigenvalue weighted by Gasteiger charge is -2.11. The van der Waals surface area contributed by atoms with Gasteiger partial charge in [-0.05, 0) is 30.7 Å². The number of anilines is 2. The van der Waals surface area contributed by atoms with Crippen LogP contribution in [0.15, 0.2) is 42.5 Å². The molecule has 0 radical (unpaired) electrons. The molecule has 0 aromatic heterocycles. The van der Waals surface area contributed by atoms with Gasteiger partial charge in [-0.2, -0.15) is 0 Å². The fourth-order valence-electron chi connectivity index (χ4n) is 1.87. The normalized spacial score (nSPS) is 10.2. The Morgan fingerprint density at radius 1 is 1.21 bits per heavy atom. The summed E-state index contributed by atoms with van der Waals surface area (Å²) in [4.78, 5) is 12.2. The Balaban J connectivity index is 2.28. The van der Waals surface area contributed by atoms with Gasteiger partial charge in [-0.3, -0.25) is 4.79 Å². The molecule has 0 saturated carbocycles. The predicted octanol–water partition coefficient (Wildman–Crippen LogP) is 2.32. The highest BCUT2D eigenvalue weighted by Gasteiger charge is 2.12. The van der Waals surface area contributed by atoms with Gasteiger partial charge in [-0.25, -0.2) is 0 Å². The minimum Gasteiger partial charge on any atom is -0.398 e. The quantitative estimate of drug-likeness (QED) is 0.738. The minimum atomic E-state index is -0.231. The fourth-order valence-corrected chi connectivity index (χ4v) is 1.87. The van der Waals surface area contributed by atoms with Crippen molar-refractivity contribution in [2.75, 3.05) is 11.1 Å². The number of para-hydroxylation sites is 1. The van der Waals surface area contributed by atoms with E-state index in [0.29, 0.717) is 22.5 Å². The number of nitrogen functional groups attached to an aromatic ring is 1. The lowest BCUT2D eigenvalue weighted by Crippen LogP contribution is -2.15. The topological polar surface area (TPSA) is 75.4 Å². The average Bonchev–Trinajstić information content (AvgIpc) is 2.42. The average molecular weight is 256 g/mol. The molecule has 0 aliphatic heterocycles. The second-order valence-corrected chi connectivity index (χ2v) is 4.29. The molecule has 2 rings (SSSR count). The lowest BCUT2D eigenvalue weighted by atomic mass is 10.1. The van der Waals surface area contributed by atoms with Crippen LogP contribution in [0.5, 0.6) is 0 Å². The van der Waals surface area contributed by atoms with Gasteiger partial charge >= 0.3 is 0 Å². The van der Waals surface area contributed by atoms with Crippen LogP contribution >= 0.6 is 0 Å². The van der Waals surface area contributed by atoms with Crippen LogP contribution in [0.25, 0.3) is 0 Å². The Labute approximate surface area is 111 Å². The van der Waals surface area contributed by atoms with Gasteiger partial charge in [0.25, 0.3) is 5.91 Å². The molecular formula is C15H16N2O2. The summed E-state index contributed by atoms with van der Waals surface area (Å²) in [5, 5.41) is 12.0. The van der Waals surface area contributed by atoms with Crippen molar-refractivity contribution in [3.63, 3.8) is 0 Å². The zero-order valence-electron chi connectivity index (χ0n) is 10.7. The zero-order chi connectivity index (χ0) is 13.8. The monoisotopic (exact) mass is 256 g/mol. The van der Waals surface area contributed by atoms with E-state index in [0.717, 1.165) is 5.56 Å². The second-order valence-electron chi connectivity index (χ2n) is 4.29. The summed E-state index contributed by atoms with van der Waals surface area (Å²) in [6, 6.07) is 12.4. The number of aliphatic hydroxyl groups excluding tert-OH is 1. The standard InChI is InChI=1S/C15H16N2O2/c1-10-12(6-4-7-13(10)16)15(19)17-14-8-3-2-5-11(14)9-18/h2-8,18H,9,16H2,1H3,(H,17,19).